The lowest BCUT2D eigenvalue weighted by Crippen LogP contribution is -2.58. The number of carbonyl (C=O) groups is 1. The summed E-state index contributed by atoms with van der Waals surface area (Å²) in [6, 6.07) is 5.33. The topological polar surface area (TPSA) is 95.5 Å². The molecule has 10 heteroatoms. The van der Waals surface area contributed by atoms with Crippen molar-refractivity contribution >= 4 is 15.9 Å². The van der Waals surface area contributed by atoms with E-state index in [2.05, 4.69) is 10.0 Å². The van der Waals surface area contributed by atoms with Crippen molar-refractivity contribution in [2.45, 2.75) is 56.3 Å². The van der Waals surface area contributed by atoms with Crippen molar-refractivity contribution in [2.24, 2.45) is 0 Å². The van der Waals surface area contributed by atoms with E-state index >= 15 is 0 Å². The standard InChI is InChI=1S/C16H23F3N2O4S/c1-4-7-12(21-14(22)15(3,23)16(17,18)19)10-20-26(24,25)13-9-6-5-8-11(13)2/h5-6,8-9,12,20,23H,4,7,10H2,1-3H3,(H,21,22)/t12?,15-/m1/s1. The van der Waals surface area contributed by atoms with Crippen molar-refractivity contribution in [3.05, 3.63) is 29.8 Å². The fourth-order valence-electron chi connectivity index (χ4n) is 2.17. The fourth-order valence-corrected chi connectivity index (χ4v) is 3.50. The molecule has 0 bridgehead atoms. The summed E-state index contributed by atoms with van der Waals surface area (Å²) >= 11 is 0. The highest BCUT2D eigenvalue weighted by Crippen LogP contribution is 2.30. The Hall–Kier alpha value is -1.65. The van der Waals surface area contributed by atoms with Crippen molar-refractivity contribution in [3.8, 4) is 0 Å². The SMILES string of the molecule is CCCC(CNS(=O)(=O)c1ccccc1C)NC(=O)[C@@](C)(O)C(F)(F)F. The predicted octanol–water partition coefficient (Wildman–Crippen LogP) is 1.87. The van der Waals surface area contributed by atoms with Crippen LogP contribution >= 0.6 is 0 Å². The van der Waals surface area contributed by atoms with Crippen LogP contribution in [0, 0.1) is 6.92 Å². The lowest BCUT2D eigenvalue weighted by Gasteiger charge is -2.28. The first-order valence-corrected chi connectivity index (χ1v) is 9.46. The molecule has 1 rings (SSSR count). The summed E-state index contributed by atoms with van der Waals surface area (Å²) < 4.78 is 65.2. The van der Waals surface area contributed by atoms with E-state index in [1.165, 1.54) is 6.07 Å². The molecular weight excluding hydrogens is 373 g/mol. The summed E-state index contributed by atoms with van der Waals surface area (Å²) in [5, 5.41) is 11.5. The van der Waals surface area contributed by atoms with Gasteiger partial charge in [-0.3, -0.25) is 4.79 Å². The second-order valence-corrected chi connectivity index (χ2v) is 7.88. The van der Waals surface area contributed by atoms with E-state index in [-0.39, 0.29) is 17.9 Å². The molecule has 0 radical (unpaired) electrons. The Balaban J connectivity index is 2.87. The van der Waals surface area contributed by atoms with Crippen LogP contribution in [0.25, 0.3) is 0 Å². The maximum Gasteiger partial charge on any atom is 0.426 e. The minimum Gasteiger partial charge on any atom is -0.373 e. The highest BCUT2D eigenvalue weighted by molar-refractivity contribution is 7.89. The maximum atomic E-state index is 12.7. The summed E-state index contributed by atoms with van der Waals surface area (Å²) in [5.74, 6) is -1.63. The molecule has 1 aromatic rings. The molecule has 1 unspecified atom stereocenters. The summed E-state index contributed by atoms with van der Waals surface area (Å²) in [6.45, 7) is 3.39. The van der Waals surface area contributed by atoms with Crippen LogP contribution in [0.5, 0.6) is 0 Å². The number of amides is 1. The van der Waals surface area contributed by atoms with Crippen molar-refractivity contribution in [1.29, 1.82) is 0 Å². The number of halogens is 3. The number of rotatable bonds is 8. The van der Waals surface area contributed by atoms with E-state index in [1.54, 1.807) is 32.0 Å². The van der Waals surface area contributed by atoms with Gasteiger partial charge in [0.15, 0.2) is 0 Å². The van der Waals surface area contributed by atoms with Crippen molar-refractivity contribution in [2.75, 3.05) is 6.54 Å². The van der Waals surface area contributed by atoms with Crippen LogP contribution < -0.4 is 10.0 Å². The zero-order valence-corrected chi connectivity index (χ0v) is 15.5. The van der Waals surface area contributed by atoms with Crippen LogP contribution in [0.3, 0.4) is 0 Å². The van der Waals surface area contributed by atoms with Crippen molar-refractivity contribution < 1.29 is 31.5 Å². The van der Waals surface area contributed by atoms with Gasteiger partial charge in [0.2, 0.25) is 15.6 Å². The normalized spacial score (nSPS) is 16.0. The van der Waals surface area contributed by atoms with Crippen LogP contribution in [0.15, 0.2) is 29.2 Å². The van der Waals surface area contributed by atoms with Gasteiger partial charge in [0.1, 0.15) is 0 Å². The Bertz CT molecular complexity index is 733. The lowest BCUT2D eigenvalue weighted by molar-refractivity contribution is -0.245. The van der Waals surface area contributed by atoms with E-state index in [0.29, 0.717) is 18.9 Å². The minimum atomic E-state index is -5.14. The summed E-state index contributed by atoms with van der Waals surface area (Å²) in [4.78, 5) is 11.8. The van der Waals surface area contributed by atoms with Gasteiger partial charge >= 0.3 is 6.18 Å². The zero-order valence-electron chi connectivity index (χ0n) is 14.7. The molecule has 2 atom stereocenters. The molecule has 0 aliphatic rings. The number of hydrogen-bond acceptors (Lipinski definition) is 4. The van der Waals surface area contributed by atoms with Crippen LogP contribution in [0.4, 0.5) is 13.2 Å². The van der Waals surface area contributed by atoms with Gasteiger partial charge in [0, 0.05) is 12.6 Å². The molecular formula is C16H23F3N2O4S. The molecule has 148 valence electrons. The Kier molecular flexibility index (Phi) is 7.20. The Morgan fingerprint density at radius 1 is 1.27 bits per heavy atom. The van der Waals surface area contributed by atoms with Gasteiger partial charge in [0.25, 0.3) is 5.91 Å². The molecule has 6 nitrogen and oxygen atoms in total. The smallest absolute Gasteiger partial charge is 0.373 e. The summed E-state index contributed by atoms with van der Waals surface area (Å²) in [6.07, 6.45) is -4.42. The summed E-state index contributed by atoms with van der Waals surface area (Å²) in [7, 11) is -3.89. The second kappa shape index (κ2) is 8.36. The molecule has 0 saturated heterocycles. The molecule has 3 N–H and O–H groups in total. The Morgan fingerprint density at radius 3 is 2.35 bits per heavy atom. The van der Waals surface area contributed by atoms with Crippen LogP contribution in [0.2, 0.25) is 0 Å². The molecule has 0 spiro atoms. The summed E-state index contributed by atoms with van der Waals surface area (Å²) in [5.41, 5.74) is -3.05. The van der Waals surface area contributed by atoms with Gasteiger partial charge in [0.05, 0.1) is 4.90 Å². The van der Waals surface area contributed by atoms with E-state index in [0.717, 1.165) is 0 Å². The average molecular weight is 396 g/mol. The minimum absolute atomic E-state index is 0.0452. The fraction of sp³-hybridized carbons (Fsp3) is 0.562. The van der Waals surface area contributed by atoms with Gasteiger partial charge in [-0.15, -0.1) is 0 Å². The van der Waals surface area contributed by atoms with Gasteiger partial charge < -0.3 is 10.4 Å². The van der Waals surface area contributed by atoms with Crippen LogP contribution in [-0.2, 0) is 14.8 Å². The number of carbonyl (C=O) groups excluding carboxylic acids is 1. The molecule has 26 heavy (non-hydrogen) atoms. The van der Waals surface area contributed by atoms with Gasteiger partial charge in [-0.05, 0) is 31.9 Å². The molecule has 1 aromatic carbocycles. The maximum absolute atomic E-state index is 12.7. The number of nitrogens with one attached hydrogen (secondary N) is 2. The zero-order chi connectivity index (χ0) is 20.2. The molecule has 0 heterocycles. The first-order chi connectivity index (χ1) is 11.8. The second-order valence-electron chi connectivity index (χ2n) is 6.15. The highest BCUT2D eigenvalue weighted by atomic mass is 32.2. The van der Waals surface area contributed by atoms with Crippen molar-refractivity contribution in [3.63, 3.8) is 0 Å². The third-order valence-electron chi connectivity index (χ3n) is 3.87. The first-order valence-electron chi connectivity index (χ1n) is 7.98. The molecule has 0 aliphatic heterocycles. The average Bonchev–Trinajstić information content (AvgIpc) is 2.52. The quantitative estimate of drug-likeness (QED) is 0.625. The molecule has 0 aliphatic carbocycles. The number of aliphatic hydroxyl groups is 1. The predicted molar refractivity (Wildman–Crippen MR) is 89.9 cm³/mol. The van der Waals surface area contributed by atoms with Gasteiger partial charge in [-0.1, -0.05) is 31.5 Å². The van der Waals surface area contributed by atoms with Crippen molar-refractivity contribution in [1.82, 2.24) is 10.0 Å². The number of hydrogen-bond donors (Lipinski definition) is 3. The number of alkyl halides is 3. The monoisotopic (exact) mass is 396 g/mol. The number of aryl methyl sites for hydroxylation is 1. The Labute approximate surface area is 150 Å². The largest absolute Gasteiger partial charge is 0.426 e. The van der Waals surface area contributed by atoms with E-state index < -0.39 is 33.7 Å². The molecule has 1 amide bonds. The Morgan fingerprint density at radius 2 is 1.85 bits per heavy atom. The van der Waals surface area contributed by atoms with E-state index in [4.69, 9.17) is 0 Å². The number of benzene rings is 1. The van der Waals surface area contributed by atoms with E-state index in [9.17, 15) is 31.5 Å². The van der Waals surface area contributed by atoms with Gasteiger partial charge in [-0.25, -0.2) is 13.1 Å². The van der Waals surface area contributed by atoms with Crippen LogP contribution in [-0.4, -0.2) is 43.8 Å². The molecule has 0 saturated carbocycles. The lowest BCUT2D eigenvalue weighted by atomic mass is 10.0. The van der Waals surface area contributed by atoms with Crippen LogP contribution in [0.1, 0.15) is 32.3 Å². The number of sulfonamides is 1. The molecule has 0 aromatic heterocycles. The molecule has 0 fully saturated rings. The van der Waals surface area contributed by atoms with Gasteiger partial charge in [-0.2, -0.15) is 13.2 Å². The van der Waals surface area contributed by atoms with E-state index in [1.807, 2.05) is 0 Å². The third-order valence-corrected chi connectivity index (χ3v) is 5.45. The first kappa shape index (κ1) is 22.4. The highest BCUT2D eigenvalue weighted by Gasteiger charge is 2.56. The third kappa shape index (κ3) is 5.42.